The average molecular weight is 1110 g/mol. The van der Waals surface area contributed by atoms with Gasteiger partial charge < -0.3 is 14.7 Å². The van der Waals surface area contributed by atoms with Crippen molar-refractivity contribution in [3.8, 4) is 66.8 Å². The van der Waals surface area contributed by atoms with E-state index in [1.807, 2.05) is 6.20 Å². The van der Waals surface area contributed by atoms with Crippen LogP contribution in [0.3, 0.4) is 0 Å². The van der Waals surface area contributed by atoms with Gasteiger partial charge in [-0.05, 0) is 158 Å². The minimum Gasteiger partial charge on any atom is -0.321 e. The molecule has 0 fully saturated rings. The molecule has 1 aromatic heterocycles. The van der Waals surface area contributed by atoms with E-state index in [1.165, 1.54) is 61.2 Å². The third-order valence-corrected chi connectivity index (χ3v) is 16.9. The summed E-state index contributed by atoms with van der Waals surface area (Å²) < 4.78 is 0. The van der Waals surface area contributed by atoms with Gasteiger partial charge in [0, 0.05) is 51.2 Å². The lowest BCUT2D eigenvalue weighted by Gasteiger charge is -2.32. The lowest BCUT2D eigenvalue weighted by atomic mass is 9.86. The molecule has 0 aliphatic carbocycles. The topological polar surface area (TPSA) is 25.9 Å². The highest BCUT2D eigenvalue weighted by molar-refractivity contribution is 6.04. The van der Waals surface area contributed by atoms with Crippen LogP contribution >= 0.6 is 0 Å². The molecule has 3 heterocycles. The summed E-state index contributed by atoms with van der Waals surface area (Å²) in [6, 6.07) is 103. The molecule has 5 heteroatoms. The van der Waals surface area contributed by atoms with E-state index in [0.717, 1.165) is 80.1 Å². The maximum absolute atomic E-state index is 5.21. The average Bonchev–Trinajstić information content (AvgIpc) is 1.80. The van der Waals surface area contributed by atoms with Crippen molar-refractivity contribution in [2.24, 2.45) is 5.41 Å². The Hall–Kier alpha value is -10.2. The summed E-state index contributed by atoms with van der Waals surface area (Å²) in [5, 5.41) is 0. The number of nitrogens with zero attached hydrogens (tertiary/aromatic N) is 5. The number of fused-ring (bicyclic) bond motifs is 6. The molecule has 86 heavy (non-hydrogen) atoms. The van der Waals surface area contributed by atoms with Gasteiger partial charge in [-0.2, -0.15) is 0 Å². The van der Waals surface area contributed by atoms with Crippen molar-refractivity contribution >= 4 is 57.0 Å². The number of rotatable bonds is 11. The van der Waals surface area contributed by atoms with Crippen molar-refractivity contribution in [2.75, 3.05) is 26.3 Å². The van der Waals surface area contributed by atoms with E-state index in [1.54, 1.807) is 0 Å². The number of para-hydroxylation sites is 5. The molecule has 0 amide bonds. The van der Waals surface area contributed by atoms with Crippen molar-refractivity contribution in [3.63, 3.8) is 0 Å². The third-order valence-electron chi connectivity index (χ3n) is 16.9. The van der Waals surface area contributed by atoms with Crippen LogP contribution in [0, 0.1) is 5.41 Å². The van der Waals surface area contributed by atoms with Crippen molar-refractivity contribution in [1.82, 2.24) is 4.98 Å². The largest absolute Gasteiger partial charge is 0.321 e. The van der Waals surface area contributed by atoms with Crippen LogP contribution in [0.2, 0.25) is 0 Å². The fraction of sp³-hybridized carbons (Fsp3) is 0.123. The maximum Gasteiger partial charge on any atom is 0.137 e. The molecular weight excluding hydrogens is 1040 g/mol. The Morgan fingerprint density at radius 2 is 0.860 bits per heavy atom. The van der Waals surface area contributed by atoms with Crippen LogP contribution in [0.1, 0.15) is 52.7 Å². The zero-order valence-corrected chi connectivity index (χ0v) is 49.8. The predicted octanol–water partition coefficient (Wildman–Crippen LogP) is 22.5. The second-order valence-corrected chi connectivity index (χ2v) is 25.1. The zero-order valence-electron chi connectivity index (χ0n) is 49.8. The summed E-state index contributed by atoms with van der Waals surface area (Å²) in [7, 11) is 0. The minimum atomic E-state index is -0.207. The zero-order chi connectivity index (χ0) is 58.5. The van der Waals surface area contributed by atoms with Gasteiger partial charge in [-0.3, -0.25) is 4.90 Å². The highest BCUT2D eigenvalue weighted by atomic mass is 15.4. The van der Waals surface area contributed by atoms with Crippen LogP contribution in [0.15, 0.2) is 285 Å². The summed E-state index contributed by atoms with van der Waals surface area (Å²) in [5.41, 5.74) is 26.4. The van der Waals surface area contributed by atoms with Crippen LogP contribution in [0.25, 0.3) is 66.8 Å². The van der Waals surface area contributed by atoms with Gasteiger partial charge in [0.1, 0.15) is 12.5 Å². The Balaban J connectivity index is 0.946. The highest BCUT2D eigenvalue weighted by Gasteiger charge is 2.34. The lowest BCUT2D eigenvalue weighted by molar-refractivity contribution is 0.411. The third kappa shape index (κ3) is 10.3. The predicted molar refractivity (Wildman–Crippen MR) is 364 cm³/mol. The van der Waals surface area contributed by atoms with Crippen LogP contribution in [-0.2, 0) is 11.8 Å². The SMILES string of the molecule is CC(C)(C)Cc1ccnc(N2c3ccccc3-c3ccccc3-c3ccc(N(c4ccccc4)c4cc(N5CN(c6c(-c7cccc(-c8ccccc8)c7)cccc6-c6cccc(-c7ccccc7)c6)c6ccccc65)cc(C(C)(C)C)c4)cc32)c1. The van der Waals surface area contributed by atoms with E-state index < -0.39 is 0 Å². The van der Waals surface area contributed by atoms with Gasteiger partial charge in [0.25, 0.3) is 0 Å². The molecule has 14 rings (SSSR count). The fourth-order valence-electron chi connectivity index (χ4n) is 12.9. The van der Waals surface area contributed by atoms with Gasteiger partial charge in [-0.15, -0.1) is 0 Å². The number of aromatic nitrogens is 1. The molecule has 0 saturated carbocycles. The van der Waals surface area contributed by atoms with Crippen molar-refractivity contribution in [2.45, 2.75) is 53.4 Å². The number of hydrogen-bond acceptors (Lipinski definition) is 5. The molecule has 0 spiro atoms. The molecule has 0 N–H and O–H groups in total. The van der Waals surface area contributed by atoms with Gasteiger partial charge in [0.15, 0.2) is 0 Å². The van der Waals surface area contributed by atoms with Crippen LogP contribution in [-0.4, -0.2) is 11.7 Å². The number of benzene rings is 11. The van der Waals surface area contributed by atoms with Crippen molar-refractivity contribution in [3.05, 3.63) is 296 Å². The Bertz CT molecular complexity index is 4360. The van der Waals surface area contributed by atoms with Crippen molar-refractivity contribution in [1.29, 1.82) is 0 Å². The van der Waals surface area contributed by atoms with E-state index in [2.05, 4.69) is 340 Å². The van der Waals surface area contributed by atoms with E-state index in [9.17, 15) is 0 Å². The van der Waals surface area contributed by atoms with Crippen LogP contribution in [0.4, 0.5) is 57.0 Å². The molecule has 2 aliphatic heterocycles. The first-order valence-corrected chi connectivity index (χ1v) is 30.1. The van der Waals surface area contributed by atoms with Gasteiger partial charge in [-0.25, -0.2) is 4.98 Å². The second kappa shape index (κ2) is 22.1. The Morgan fingerprint density at radius 1 is 0.360 bits per heavy atom. The lowest BCUT2D eigenvalue weighted by Crippen LogP contribution is -2.26. The van der Waals surface area contributed by atoms with Gasteiger partial charge in [0.05, 0.1) is 28.4 Å². The van der Waals surface area contributed by atoms with E-state index in [4.69, 9.17) is 4.98 Å². The number of anilines is 10. The van der Waals surface area contributed by atoms with E-state index in [-0.39, 0.29) is 10.8 Å². The summed E-state index contributed by atoms with van der Waals surface area (Å²) in [6.07, 6.45) is 2.91. The molecule has 12 aromatic rings. The monoisotopic (exact) mass is 1110 g/mol. The first-order valence-electron chi connectivity index (χ1n) is 30.1. The molecule has 0 bridgehead atoms. The first-order chi connectivity index (χ1) is 41.9. The second-order valence-electron chi connectivity index (χ2n) is 25.1. The molecule has 0 radical (unpaired) electrons. The molecule has 2 aliphatic rings. The molecular formula is C81H69N5. The Kier molecular flexibility index (Phi) is 13.8. The first kappa shape index (κ1) is 53.8. The van der Waals surface area contributed by atoms with Crippen LogP contribution in [0.5, 0.6) is 0 Å². The Labute approximate surface area is 507 Å². The fourth-order valence-corrected chi connectivity index (χ4v) is 12.9. The summed E-state index contributed by atoms with van der Waals surface area (Å²) in [6.45, 7) is 14.5. The molecule has 0 atom stereocenters. The van der Waals surface area contributed by atoms with Gasteiger partial charge in [0.2, 0.25) is 0 Å². The quantitative estimate of drug-likeness (QED) is 0.129. The number of hydrogen-bond donors (Lipinski definition) is 0. The highest BCUT2D eigenvalue weighted by Crippen LogP contribution is 2.55. The summed E-state index contributed by atoms with van der Waals surface area (Å²) in [5.74, 6) is 0.892. The normalized spacial score (nSPS) is 12.7. The van der Waals surface area contributed by atoms with Gasteiger partial charge >= 0.3 is 0 Å². The Morgan fingerprint density at radius 3 is 1.47 bits per heavy atom. The number of pyridine rings is 1. The molecule has 0 unspecified atom stereocenters. The smallest absolute Gasteiger partial charge is 0.137 e. The molecule has 0 saturated heterocycles. The van der Waals surface area contributed by atoms with E-state index in [0.29, 0.717) is 6.67 Å². The summed E-state index contributed by atoms with van der Waals surface area (Å²) >= 11 is 0. The standard InChI is InChI=1S/C81H69N5/c1-80(2,3)54-56-45-46-82-78(47-56)86-74-40-19-18-37-72(74)70-35-16-17-36-71(70)73-44-43-65(53-77(73)86)85(64-33-14-9-15-34-64)67-51-63(81(4,5)6)50-66(52-67)83-55-84(76-42-21-20-41-75(76)83)79-68(61-31-22-29-59(48-61)57-25-10-7-11-26-57)38-24-39-69(79)62-32-23-30-60(49-62)58-27-12-8-13-28-58/h7-53H,54-55H2,1-6H3. The molecule has 11 aromatic carbocycles. The minimum absolute atomic E-state index is 0.0981. The van der Waals surface area contributed by atoms with Crippen LogP contribution < -0.4 is 19.6 Å². The molecule has 5 nitrogen and oxygen atoms in total. The maximum atomic E-state index is 5.21. The van der Waals surface area contributed by atoms with Gasteiger partial charge in [-0.1, -0.05) is 236 Å². The summed E-state index contributed by atoms with van der Waals surface area (Å²) in [4.78, 5) is 15.2. The van der Waals surface area contributed by atoms with E-state index >= 15 is 0 Å². The molecule has 418 valence electrons. The van der Waals surface area contributed by atoms with Crippen molar-refractivity contribution < 1.29 is 0 Å².